The van der Waals surface area contributed by atoms with Crippen LogP contribution < -0.4 is 4.43 Å². The van der Waals surface area contributed by atoms with Crippen LogP contribution in [0, 0.1) is 0 Å². The molecule has 2 aromatic rings. The normalized spacial score (nSPS) is 11.4. The molecule has 0 unspecified atom stereocenters. The molecule has 0 aliphatic carbocycles. The predicted molar refractivity (Wildman–Crippen MR) is 68.0 cm³/mol. The maximum absolute atomic E-state index is 5.88. The van der Waals surface area contributed by atoms with Crippen LogP contribution in [0.1, 0.15) is 0 Å². The van der Waals surface area contributed by atoms with Crippen LogP contribution in [0.15, 0.2) is 36.7 Å². The summed E-state index contributed by atoms with van der Waals surface area (Å²) in [6.45, 7) is 6.52. The summed E-state index contributed by atoms with van der Waals surface area (Å²) in [7, 11) is -1.51. The number of H-pyrrole nitrogens is 1. The van der Waals surface area contributed by atoms with Crippen LogP contribution in [0.5, 0.6) is 5.75 Å². The maximum atomic E-state index is 5.88. The van der Waals surface area contributed by atoms with E-state index < -0.39 is 8.32 Å². The zero-order chi connectivity index (χ0) is 11.6. The SMILES string of the molecule is C[Si](C)(C)Oc1ccc(-c2ncc[nH]2)cc1. The minimum atomic E-state index is -1.51. The van der Waals surface area contributed by atoms with E-state index in [1.165, 1.54) is 0 Å². The van der Waals surface area contributed by atoms with Crippen LogP contribution >= 0.6 is 0 Å². The van der Waals surface area contributed by atoms with Gasteiger partial charge in [-0.1, -0.05) is 0 Å². The Bertz CT molecular complexity index is 443. The van der Waals surface area contributed by atoms with Gasteiger partial charge in [0.05, 0.1) is 0 Å². The van der Waals surface area contributed by atoms with E-state index in [-0.39, 0.29) is 0 Å². The Morgan fingerprint density at radius 1 is 1.12 bits per heavy atom. The van der Waals surface area contributed by atoms with Gasteiger partial charge >= 0.3 is 0 Å². The summed E-state index contributed by atoms with van der Waals surface area (Å²) in [5.74, 6) is 1.83. The van der Waals surface area contributed by atoms with Gasteiger partial charge in [0, 0.05) is 18.0 Å². The topological polar surface area (TPSA) is 37.9 Å². The molecule has 1 aromatic carbocycles. The van der Waals surface area contributed by atoms with Crippen LogP contribution in [-0.4, -0.2) is 18.3 Å². The molecule has 0 amide bonds. The summed E-state index contributed by atoms with van der Waals surface area (Å²) in [4.78, 5) is 7.28. The van der Waals surface area contributed by atoms with Crippen molar-refractivity contribution >= 4 is 8.32 Å². The van der Waals surface area contributed by atoms with E-state index in [1.54, 1.807) is 6.20 Å². The first kappa shape index (κ1) is 10.9. The summed E-state index contributed by atoms with van der Waals surface area (Å²) in [6, 6.07) is 8.04. The fourth-order valence-corrected chi connectivity index (χ4v) is 2.30. The van der Waals surface area contributed by atoms with Gasteiger partial charge in [0.1, 0.15) is 11.6 Å². The molecule has 4 heteroatoms. The summed E-state index contributed by atoms with van der Waals surface area (Å²) >= 11 is 0. The van der Waals surface area contributed by atoms with Gasteiger partial charge in [0.2, 0.25) is 8.32 Å². The number of hydrogen-bond donors (Lipinski definition) is 1. The third kappa shape index (κ3) is 2.73. The van der Waals surface area contributed by atoms with Gasteiger partial charge in [-0.3, -0.25) is 0 Å². The second-order valence-electron chi connectivity index (χ2n) is 4.68. The Hall–Kier alpha value is -1.55. The Labute approximate surface area is 96.6 Å². The van der Waals surface area contributed by atoms with E-state index in [2.05, 4.69) is 29.6 Å². The lowest BCUT2D eigenvalue weighted by Crippen LogP contribution is -2.29. The monoisotopic (exact) mass is 232 g/mol. The second-order valence-corrected chi connectivity index (χ2v) is 9.11. The highest BCUT2D eigenvalue weighted by Crippen LogP contribution is 2.21. The Balaban J connectivity index is 2.17. The van der Waals surface area contributed by atoms with E-state index in [9.17, 15) is 0 Å². The highest BCUT2D eigenvalue weighted by molar-refractivity contribution is 6.70. The van der Waals surface area contributed by atoms with E-state index in [0.717, 1.165) is 17.1 Å². The molecule has 0 saturated heterocycles. The summed E-state index contributed by atoms with van der Waals surface area (Å²) in [5, 5.41) is 0. The first-order chi connectivity index (χ1) is 7.54. The zero-order valence-electron chi connectivity index (χ0n) is 9.82. The van der Waals surface area contributed by atoms with Crippen molar-refractivity contribution in [2.24, 2.45) is 0 Å². The quantitative estimate of drug-likeness (QED) is 0.825. The molecule has 0 bridgehead atoms. The van der Waals surface area contributed by atoms with Crippen molar-refractivity contribution in [3.05, 3.63) is 36.7 Å². The van der Waals surface area contributed by atoms with Gasteiger partial charge < -0.3 is 9.41 Å². The van der Waals surface area contributed by atoms with Crippen LogP contribution in [0.25, 0.3) is 11.4 Å². The smallest absolute Gasteiger partial charge is 0.242 e. The standard InChI is InChI=1S/C12H16N2OSi/c1-16(2,3)15-11-6-4-10(5-7-11)12-13-8-9-14-12/h4-9H,1-3H3,(H,13,14). The molecule has 0 radical (unpaired) electrons. The van der Waals surface area contributed by atoms with Crippen molar-refractivity contribution in [3.63, 3.8) is 0 Å². The lowest BCUT2D eigenvalue weighted by molar-refractivity contribution is 0.558. The molecular weight excluding hydrogens is 216 g/mol. The second kappa shape index (κ2) is 4.13. The van der Waals surface area contributed by atoms with E-state index in [4.69, 9.17) is 4.43 Å². The third-order valence-electron chi connectivity index (χ3n) is 2.05. The van der Waals surface area contributed by atoms with Crippen molar-refractivity contribution in [3.8, 4) is 17.1 Å². The molecule has 84 valence electrons. The van der Waals surface area contributed by atoms with Gasteiger partial charge in [-0.2, -0.15) is 0 Å². The number of aromatic nitrogens is 2. The number of nitrogens with zero attached hydrogens (tertiary/aromatic N) is 1. The van der Waals surface area contributed by atoms with Gasteiger partial charge in [-0.25, -0.2) is 4.98 Å². The molecule has 0 aliphatic rings. The van der Waals surface area contributed by atoms with E-state index >= 15 is 0 Å². The minimum absolute atomic E-state index is 0.888. The first-order valence-electron chi connectivity index (χ1n) is 5.33. The Morgan fingerprint density at radius 2 is 1.81 bits per heavy atom. The van der Waals surface area contributed by atoms with Crippen LogP contribution in [0.4, 0.5) is 0 Å². The molecular formula is C12H16N2OSi. The summed E-state index contributed by atoms with van der Waals surface area (Å²) in [6.07, 6.45) is 3.57. The fraction of sp³-hybridized carbons (Fsp3) is 0.250. The maximum Gasteiger partial charge on any atom is 0.242 e. The summed E-state index contributed by atoms with van der Waals surface area (Å²) in [5.41, 5.74) is 1.08. The van der Waals surface area contributed by atoms with Gasteiger partial charge in [0.15, 0.2) is 0 Å². The molecule has 1 heterocycles. The zero-order valence-corrected chi connectivity index (χ0v) is 10.8. The van der Waals surface area contributed by atoms with E-state index in [1.807, 2.05) is 30.5 Å². The first-order valence-corrected chi connectivity index (χ1v) is 8.74. The molecule has 0 aliphatic heterocycles. The molecule has 0 spiro atoms. The number of benzene rings is 1. The average molecular weight is 232 g/mol. The molecule has 2 rings (SSSR count). The molecule has 16 heavy (non-hydrogen) atoms. The predicted octanol–water partition coefficient (Wildman–Crippen LogP) is 3.29. The van der Waals surface area contributed by atoms with E-state index in [0.29, 0.717) is 0 Å². The van der Waals surface area contributed by atoms with Crippen molar-refractivity contribution in [1.29, 1.82) is 0 Å². The highest BCUT2D eigenvalue weighted by atomic mass is 28.4. The third-order valence-corrected chi connectivity index (χ3v) is 2.90. The molecule has 3 nitrogen and oxygen atoms in total. The molecule has 0 atom stereocenters. The van der Waals surface area contributed by atoms with Gasteiger partial charge in [0.25, 0.3) is 0 Å². The minimum Gasteiger partial charge on any atom is -0.544 e. The van der Waals surface area contributed by atoms with Crippen LogP contribution in [-0.2, 0) is 0 Å². The van der Waals surface area contributed by atoms with Crippen molar-refractivity contribution in [2.45, 2.75) is 19.6 Å². The lowest BCUT2D eigenvalue weighted by atomic mass is 10.2. The number of hydrogen-bond acceptors (Lipinski definition) is 2. The average Bonchev–Trinajstić information content (AvgIpc) is 2.69. The van der Waals surface area contributed by atoms with Crippen molar-refractivity contribution < 1.29 is 4.43 Å². The number of nitrogens with one attached hydrogen (secondary N) is 1. The highest BCUT2D eigenvalue weighted by Gasteiger charge is 2.15. The van der Waals surface area contributed by atoms with Crippen LogP contribution in [0.2, 0.25) is 19.6 Å². The summed E-state index contributed by atoms with van der Waals surface area (Å²) < 4.78 is 5.88. The number of imidazole rings is 1. The fourth-order valence-electron chi connectivity index (χ4n) is 1.46. The molecule has 1 N–H and O–H groups in total. The Morgan fingerprint density at radius 3 is 2.31 bits per heavy atom. The van der Waals surface area contributed by atoms with Gasteiger partial charge in [-0.05, 0) is 43.9 Å². The molecule has 0 fully saturated rings. The Kier molecular flexibility index (Phi) is 2.83. The van der Waals surface area contributed by atoms with Crippen molar-refractivity contribution in [1.82, 2.24) is 9.97 Å². The van der Waals surface area contributed by atoms with Gasteiger partial charge in [-0.15, -0.1) is 0 Å². The largest absolute Gasteiger partial charge is 0.544 e. The van der Waals surface area contributed by atoms with Crippen LogP contribution in [0.3, 0.4) is 0 Å². The molecule has 1 aromatic heterocycles. The lowest BCUT2D eigenvalue weighted by Gasteiger charge is -2.19. The number of aromatic amines is 1. The van der Waals surface area contributed by atoms with Crippen molar-refractivity contribution in [2.75, 3.05) is 0 Å². The molecule has 0 saturated carbocycles. The number of rotatable bonds is 3.